The van der Waals surface area contributed by atoms with Crippen LogP contribution >= 0.6 is 0 Å². The molecule has 18 heavy (non-hydrogen) atoms. The van der Waals surface area contributed by atoms with Gasteiger partial charge in [-0.05, 0) is 24.4 Å². The third-order valence-electron chi connectivity index (χ3n) is 3.09. The summed E-state index contributed by atoms with van der Waals surface area (Å²) in [5.41, 5.74) is 9.26. The molecule has 3 aromatic rings. The van der Waals surface area contributed by atoms with Crippen molar-refractivity contribution in [3.8, 4) is 11.3 Å². The van der Waals surface area contributed by atoms with Crippen LogP contribution in [0, 0.1) is 6.92 Å². The number of anilines is 1. The number of rotatable bonds is 1. The minimum absolute atomic E-state index is 0.593. The Kier molecular flexibility index (Phi) is 2.49. The molecule has 2 nitrogen and oxygen atoms in total. The molecule has 0 saturated carbocycles. The number of aromatic nitrogens is 1. The molecule has 0 atom stereocenters. The van der Waals surface area contributed by atoms with Crippen LogP contribution in [0.4, 0.5) is 5.82 Å². The maximum atomic E-state index is 6.05. The molecule has 0 bridgehead atoms. The van der Waals surface area contributed by atoms with Crippen molar-refractivity contribution in [2.75, 3.05) is 5.73 Å². The molecule has 3 rings (SSSR count). The number of fused-ring (bicyclic) bond motifs is 1. The van der Waals surface area contributed by atoms with Gasteiger partial charge in [0.05, 0.1) is 5.69 Å². The third kappa shape index (κ3) is 1.82. The molecule has 88 valence electrons. The second kappa shape index (κ2) is 4.15. The summed E-state index contributed by atoms with van der Waals surface area (Å²) >= 11 is 0. The molecular formula is C16H14N2. The molecule has 0 saturated heterocycles. The molecule has 0 radical (unpaired) electrons. The normalized spacial score (nSPS) is 10.7. The van der Waals surface area contributed by atoms with Gasteiger partial charge in [0.1, 0.15) is 5.82 Å². The first-order valence-electron chi connectivity index (χ1n) is 5.96. The summed E-state index contributed by atoms with van der Waals surface area (Å²) in [6, 6.07) is 18.4. The van der Waals surface area contributed by atoms with Gasteiger partial charge in [-0.25, -0.2) is 4.98 Å². The van der Waals surface area contributed by atoms with E-state index in [4.69, 9.17) is 5.73 Å². The first-order chi connectivity index (χ1) is 8.74. The summed E-state index contributed by atoms with van der Waals surface area (Å²) in [6.07, 6.45) is 0. The van der Waals surface area contributed by atoms with Crippen molar-refractivity contribution < 1.29 is 0 Å². The Bertz CT molecular complexity index is 703. The lowest BCUT2D eigenvalue weighted by molar-refractivity contribution is 1.36. The largest absolute Gasteiger partial charge is 0.383 e. The highest BCUT2D eigenvalue weighted by molar-refractivity contribution is 5.94. The number of aryl methyl sites for hydroxylation is 1. The Labute approximate surface area is 106 Å². The number of hydrogen-bond acceptors (Lipinski definition) is 2. The van der Waals surface area contributed by atoms with Crippen molar-refractivity contribution in [1.82, 2.24) is 4.98 Å². The third-order valence-corrected chi connectivity index (χ3v) is 3.09. The van der Waals surface area contributed by atoms with Gasteiger partial charge in [-0.2, -0.15) is 0 Å². The van der Waals surface area contributed by atoms with Gasteiger partial charge in [0.2, 0.25) is 0 Å². The molecule has 0 fully saturated rings. The lowest BCUT2D eigenvalue weighted by atomic mass is 10.1. The molecule has 1 heterocycles. The summed E-state index contributed by atoms with van der Waals surface area (Å²) < 4.78 is 0. The van der Waals surface area contributed by atoms with Crippen molar-refractivity contribution in [3.05, 3.63) is 60.2 Å². The van der Waals surface area contributed by atoms with Crippen LogP contribution in [0.5, 0.6) is 0 Å². The average molecular weight is 234 g/mol. The Balaban J connectivity index is 2.25. The summed E-state index contributed by atoms with van der Waals surface area (Å²) in [5.74, 6) is 0.593. The Morgan fingerprint density at radius 3 is 2.50 bits per heavy atom. The predicted octanol–water partition coefficient (Wildman–Crippen LogP) is 3.79. The standard InChI is InChI=1S/C16H14N2/c1-11-7-8-13-10-15(12-5-3-2-4-6-12)18-16(17)14(13)9-11/h2-10H,1H3,(H2,17,18). The average Bonchev–Trinajstić information content (AvgIpc) is 2.40. The monoisotopic (exact) mass is 234 g/mol. The number of nitrogens with zero attached hydrogens (tertiary/aromatic N) is 1. The molecule has 2 aromatic carbocycles. The van der Waals surface area contributed by atoms with Crippen LogP contribution in [0.15, 0.2) is 54.6 Å². The van der Waals surface area contributed by atoms with Crippen LogP contribution in [0.1, 0.15) is 5.56 Å². The summed E-state index contributed by atoms with van der Waals surface area (Å²) in [5, 5.41) is 2.15. The maximum absolute atomic E-state index is 6.05. The van der Waals surface area contributed by atoms with Gasteiger partial charge in [0.25, 0.3) is 0 Å². The summed E-state index contributed by atoms with van der Waals surface area (Å²) in [4.78, 5) is 4.49. The van der Waals surface area contributed by atoms with Gasteiger partial charge in [-0.3, -0.25) is 0 Å². The first-order valence-corrected chi connectivity index (χ1v) is 5.96. The lowest BCUT2D eigenvalue weighted by Crippen LogP contribution is -1.94. The van der Waals surface area contributed by atoms with E-state index in [1.165, 1.54) is 5.56 Å². The number of nitrogen functional groups attached to an aromatic ring is 1. The highest BCUT2D eigenvalue weighted by Gasteiger charge is 2.05. The molecule has 1 aromatic heterocycles. The fourth-order valence-electron chi connectivity index (χ4n) is 2.14. The van der Waals surface area contributed by atoms with E-state index >= 15 is 0 Å². The molecule has 0 amide bonds. The second-order valence-corrected chi connectivity index (χ2v) is 4.48. The molecule has 2 N–H and O–H groups in total. The highest BCUT2D eigenvalue weighted by atomic mass is 14.8. The van der Waals surface area contributed by atoms with E-state index in [0.717, 1.165) is 22.0 Å². The minimum Gasteiger partial charge on any atom is -0.383 e. The Hall–Kier alpha value is -2.35. The van der Waals surface area contributed by atoms with Crippen molar-refractivity contribution in [3.63, 3.8) is 0 Å². The SMILES string of the molecule is Cc1ccc2cc(-c3ccccc3)nc(N)c2c1. The van der Waals surface area contributed by atoms with Crippen LogP contribution in [0.2, 0.25) is 0 Å². The quantitative estimate of drug-likeness (QED) is 0.695. The lowest BCUT2D eigenvalue weighted by Gasteiger charge is -2.07. The van der Waals surface area contributed by atoms with Crippen molar-refractivity contribution in [2.45, 2.75) is 6.92 Å². The number of hydrogen-bond donors (Lipinski definition) is 1. The molecule has 0 spiro atoms. The predicted molar refractivity (Wildman–Crippen MR) is 76.3 cm³/mol. The molecule has 0 aliphatic rings. The van der Waals surface area contributed by atoms with Crippen molar-refractivity contribution in [2.24, 2.45) is 0 Å². The van der Waals surface area contributed by atoms with E-state index in [2.05, 4.69) is 36.2 Å². The van der Waals surface area contributed by atoms with Crippen LogP contribution in [0.3, 0.4) is 0 Å². The van der Waals surface area contributed by atoms with Gasteiger partial charge in [0.15, 0.2) is 0 Å². The van der Waals surface area contributed by atoms with E-state index in [-0.39, 0.29) is 0 Å². The number of pyridine rings is 1. The van der Waals surface area contributed by atoms with Crippen LogP contribution < -0.4 is 5.73 Å². The Morgan fingerprint density at radius 2 is 1.72 bits per heavy atom. The molecule has 0 aliphatic carbocycles. The van der Waals surface area contributed by atoms with Gasteiger partial charge < -0.3 is 5.73 Å². The summed E-state index contributed by atoms with van der Waals surface area (Å²) in [7, 11) is 0. The number of benzene rings is 2. The molecule has 0 aliphatic heterocycles. The first kappa shape index (κ1) is 10.8. The highest BCUT2D eigenvalue weighted by Crippen LogP contribution is 2.26. The maximum Gasteiger partial charge on any atom is 0.131 e. The van der Waals surface area contributed by atoms with Gasteiger partial charge in [0, 0.05) is 10.9 Å². The fourth-order valence-corrected chi connectivity index (χ4v) is 2.14. The van der Waals surface area contributed by atoms with Crippen LogP contribution in [-0.2, 0) is 0 Å². The van der Waals surface area contributed by atoms with E-state index in [1.54, 1.807) is 0 Å². The zero-order valence-corrected chi connectivity index (χ0v) is 10.2. The zero-order valence-electron chi connectivity index (χ0n) is 10.2. The van der Waals surface area contributed by atoms with Crippen molar-refractivity contribution >= 4 is 16.6 Å². The van der Waals surface area contributed by atoms with Gasteiger partial charge in [-0.1, -0.05) is 48.0 Å². The molecular weight excluding hydrogens is 220 g/mol. The van der Waals surface area contributed by atoms with Gasteiger partial charge >= 0.3 is 0 Å². The fraction of sp³-hybridized carbons (Fsp3) is 0.0625. The van der Waals surface area contributed by atoms with Crippen LogP contribution in [0.25, 0.3) is 22.0 Å². The van der Waals surface area contributed by atoms with E-state index in [9.17, 15) is 0 Å². The van der Waals surface area contributed by atoms with Gasteiger partial charge in [-0.15, -0.1) is 0 Å². The molecule has 0 unspecified atom stereocenters. The number of nitrogens with two attached hydrogens (primary N) is 1. The second-order valence-electron chi connectivity index (χ2n) is 4.48. The summed E-state index contributed by atoms with van der Waals surface area (Å²) in [6.45, 7) is 2.06. The minimum atomic E-state index is 0.593. The molecule has 2 heteroatoms. The topological polar surface area (TPSA) is 38.9 Å². The van der Waals surface area contributed by atoms with E-state index in [1.807, 2.05) is 30.3 Å². The Morgan fingerprint density at radius 1 is 0.944 bits per heavy atom. The smallest absolute Gasteiger partial charge is 0.131 e. The zero-order chi connectivity index (χ0) is 12.5. The van der Waals surface area contributed by atoms with E-state index < -0.39 is 0 Å². The van der Waals surface area contributed by atoms with E-state index in [0.29, 0.717) is 5.82 Å². The van der Waals surface area contributed by atoms with Crippen LogP contribution in [-0.4, -0.2) is 4.98 Å². The van der Waals surface area contributed by atoms with Crippen molar-refractivity contribution in [1.29, 1.82) is 0 Å².